The number of fused-ring (bicyclic) bond motifs is 3. The molecule has 3 amide bonds. The molecule has 0 saturated heterocycles. The van der Waals surface area contributed by atoms with Crippen LogP contribution in [0.5, 0.6) is 5.75 Å². The van der Waals surface area contributed by atoms with E-state index in [1.54, 1.807) is 36.3 Å². The highest BCUT2D eigenvalue weighted by Crippen LogP contribution is 2.42. The lowest BCUT2D eigenvalue weighted by Gasteiger charge is -2.39. The summed E-state index contributed by atoms with van der Waals surface area (Å²) >= 11 is 6.00. The molecule has 0 saturated carbocycles. The van der Waals surface area contributed by atoms with Crippen LogP contribution in [0.3, 0.4) is 0 Å². The minimum absolute atomic E-state index is 0.0683. The van der Waals surface area contributed by atoms with Crippen molar-refractivity contribution in [2.24, 2.45) is 0 Å². The van der Waals surface area contributed by atoms with E-state index in [2.05, 4.69) is 16.8 Å². The van der Waals surface area contributed by atoms with E-state index in [0.717, 1.165) is 41.2 Å². The Balaban J connectivity index is 1.50. The Hall–Kier alpha value is -4.23. The number of nitrogens with one attached hydrogen (secondary N) is 1. The topological polar surface area (TPSA) is 66.8 Å². The minimum atomic E-state index is -0.374. The van der Waals surface area contributed by atoms with Crippen molar-refractivity contribution in [2.75, 3.05) is 30.4 Å². The van der Waals surface area contributed by atoms with Crippen molar-refractivity contribution in [2.45, 2.75) is 25.8 Å². The highest BCUT2D eigenvalue weighted by molar-refractivity contribution is 6.30. The number of nitrogens with zero attached hydrogens (tertiary/aromatic N) is 3. The van der Waals surface area contributed by atoms with E-state index in [1.165, 1.54) is 0 Å². The van der Waals surface area contributed by atoms with Crippen LogP contribution >= 0.6 is 11.6 Å². The van der Waals surface area contributed by atoms with Gasteiger partial charge in [0.05, 0.1) is 24.2 Å². The number of amides is 3. The molecule has 0 bridgehead atoms. The lowest BCUT2D eigenvalue weighted by molar-refractivity contribution is -0.119. The summed E-state index contributed by atoms with van der Waals surface area (Å²) in [4.78, 5) is 31.0. The molecule has 0 radical (unpaired) electrons. The van der Waals surface area contributed by atoms with Gasteiger partial charge in [0, 0.05) is 23.5 Å². The van der Waals surface area contributed by atoms with Crippen LogP contribution in [0.15, 0.2) is 91.1 Å². The summed E-state index contributed by atoms with van der Waals surface area (Å²) in [7, 11) is 1.63. The summed E-state index contributed by atoms with van der Waals surface area (Å²) in [6, 6.07) is 25.9. The first kappa shape index (κ1) is 26.4. The van der Waals surface area contributed by atoms with E-state index in [4.69, 9.17) is 16.3 Å². The second kappa shape index (κ2) is 11.7. The van der Waals surface area contributed by atoms with Crippen molar-refractivity contribution in [3.63, 3.8) is 0 Å². The molecule has 200 valence electrons. The maximum Gasteiger partial charge on any atom is 0.322 e. The number of para-hydroxylation sites is 2. The van der Waals surface area contributed by atoms with Gasteiger partial charge in [0.2, 0.25) is 5.91 Å². The molecular weight excluding hydrogens is 512 g/mol. The first-order valence-electron chi connectivity index (χ1n) is 13.0. The van der Waals surface area contributed by atoms with Gasteiger partial charge in [-0.25, -0.2) is 4.79 Å². The molecule has 1 N–H and O–H groups in total. The Labute approximate surface area is 233 Å². The number of anilines is 2. The van der Waals surface area contributed by atoms with Gasteiger partial charge in [-0.15, -0.1) is 0 Å². The molecule has 1 unspecified atom stereocenters. The summed E-state index contributed by atoms with van der Waals surface area (Å²) in [5, 5.41) is 3.50. The van der Waals surface area contributed by atoms with Crippen LogP contribution in [-0.2, 0) is 4.79 Å². The van der Waals surface area contributed by atoms with Crippen LogP contribution in [0.2, 0.25) is 5.02 Å². The molecule has 2 heterocycles. The Morgan fingerprint density at radius 1 is 0.949 bits per heavy atom. The quantitative estimate of drug-likeness (QED) is 0.263. The zero-order valence-corrected chi connectivity index (χ0v) is 22.8. The van der Waals surface area contributed by atoms with Crippen LogP contribution in [0.25, 0.3) is 5.69 Å². The summed E-state index contributed by atoms with van der Waals surface area (Å²) in [5.41, 5.74) is 4.25. The van der Waals surface area contributed by atoms with Gasteiger partial charge in [-0.3, -0.25) is 9.69 Å². The third kappa shape index (κ3) is 5.49. The second-order valence-corrected chi connectivity index (χ2v) is 9.88. The summed E-state index contributed by atoms with van der Waals surface area (Å²) in [6.07, 6.45) is 3.69. The average molecular weight is 543 g/mol. The van der Waals surface area contributed by atoms with Gasteiger partial charge in [-0.1, -0.05) is 49.2 Å². The number of unbranched alkanes of at least 4 members (excludes halogenated alkanes) is 1. The molecule has 5 rings (SSSR count). The van der Waals surface area contributed by atoms with E-state index < -0.39 is 0 Å². The lowest BCUT2D eigenvalue weighted by atomic mass is 9.97. The molecular formula is C31H31ClN4O3. The molecule has 1 aliphatic rings. The molecule has 4 aromatic rings. The highest BCUT2D eigenvalue weighted by atomic mass is 35.5. The number of urea groups is 1. The van der Waals surface area contributed by atoms with Crippen molar-refractivity contribution in [3.05, 3.63) is 107 Å². The maximum absolute atomic E-state index is 14.2. The predicted octanol–water partition coefficient (Wildman–Crippen LogP) is 6.91. The van der Waals surface area contributed by atoms with Gasteiger partial charge in [-0.05, 0) is 72.6 Å². The monoisotopic (exact) mass is 542 g/mol. The van der Waals surface area contributed by atoms with Crippen molar-refractivity contribution in [1.29, 1.82) is 0 Å². The Bertz CT molecular complexity index is 1450. The standard InChI is InChI=1S/C31H31ClN4O3/c1-3-4-19-34(31(38)33-24-15-13-23(32)14-16-24)21-29(37)36-27-9-6-5-8-26(27)35-20-7-10-28(35)30(36)22-11-17-25(39-2)18-12-22/h5-18,20,30H,3-4,19,21H2,1-2H3,(H,33,38). The second-order valence-electron chi connectivity index (χ2n) is 9.44. The lowest BCUT2D eigenvalue weighted by Crippen LogP contribution is -2.48. The SMILES string of the molecule is CCCCN(CC(=O)N1c2ccccc2-n2cccc2C1c1ccc(OC)cc1)C(=O)Nc1ccc(Cl)cc1. The van der Waals surface area contributed by atoms with Gasteiger partial charge in [-0.2, -0.15) is 0 Å². The van der Waals surface area contributed by atoms with Crippen LogP contribution in [0.4, 0.5) is 16.2 Å². The summed E-state index contributed by atoms with van der Waals surface area (Å²) < 4.78 is 7.49. The van der Waals surface area contributed by atoms with E-state index in [9.17, 15) is 9.59 Å². The fourth-order valence-electron chi connectivity index (χ4n) is 4.94. The zero-order chi connectivity index (χ0) is 27.4. The first-order valence-corrected chi connectivity index (χ1v) is 13.4. The Morgan fingerprint density at radius 2 is 1.67 bits per heavy atom. The largest absolute Gasteiger partial charge is 0.497 e. The van der Waals surface area contributed by atoms with Crippen molar-refractivity contribution < 1.29 is 14.3 Å². The third-order valence-corrected chi connectivity index (χ3v) is 7.16. The molecule has 1 aromatic heterocycles. The molecule has 8 heteroatoms. The van der Waals surface area contributed by atoms with Crippen LogP contribution < -0.4 is 15.0 Å². The maximum atomic E-state index is 14.2. The Morgan fingerprint density at radius 3 is 2.36 bits per heavy atom. The molecule has 1 aliphatic heterocycles. The number of hydrogen-bond donors (Lipinski definition) is 1. The van der Waals surface area contributed by atoms with Gasteiger partial charge < -0.3 is 19.5 Å². The van der Waals surface area contributed by atoms with Crippen LogP contribution in [0, 0.1) is 0 Å². The number of carbonyl (C=O) groups excluding carboxylic acids is 2. The molecule has 0 aliphatic carbocycles. The van der Waals surface area contributed by atoms with Crippen molar-refractivity contribution >= 4 is 34.9 Å². The average Bonchev–Trinajstić information content (AvgIpc) is 3.46. The number of halogens is 1. The van der Waals surface area contributed by atoms with E-state index >= 15 is 0 Å². The Kier molecular flexibility index (Phi) is 7.89. The molecule has 0 spiro atoms. The number of aromatic nitrogens is 1. The van der Waals surface area contributed by atoms with Crippen molar-refractivity contribution in [3.8, 4) is 11.4 Å². The highest BCUT2D eigenvalue weighted by Gasteiger charge is 2.37. The predicted molar refractivity (Wildman–Crippen MR) is 155 cm³/mol. The van der Waals surface area contributed by atoms with Gasteiger partial charge >= 0.3 is 6.03 Å². The van der Waals surface area contributed by atoms with E-state index in [-0.39, 0.29) is 24.5 Å². The number of carbonyl (C=O) groups is 2. The third-order valence-electron chi connectivity index (χ3n) is 6.91. The van der Waals surface area contributed by atoms with Gasteiger partial charge in [0.15, 0.2) is 0 Å². The number of ether oxygens (including phenoxy) is 1. The van der Waals surface area contributed by atoms with Crippen molar-refractivity contribution in [1.82, 2.24) is 9.47 Å². The molecule has 1 atom stereocenters. The number of rotatable bonds is 8. The van der Waals surface area contributed by atoms with Gasteiger partial charge in [0.1, 0.15) is 18.3 Å². The summed E-state index contributed by atoms with van der Waals surface area (Å²) in [6.45, 7) is 2.45. The smallest absolute Gasteiger partial charge is 0.322 e. The minimum Gasteiger partial charge on any atom is -0.497 e. The molecule has 7 nitrogen and oxygen atoms in total. The van der Waals surface area contributed by atoms with Crippen LogP contribution in [0.1, 0.15) is 37.1 Å². The number of hydrogen-bond acceptors (Lipinski definition) is 3. The zero-order valence-electron chi connectivity index (χ0n) is 22.0. The number of methoxy groups -OCH3 is 1. The van der Waals surface area contributed by atoms with E-state index in [0.29, 0.717) is 17.3 Å². The normalized spacial score (nSPS) is 13.8. The van der Waals surface area contributed by atoms with Gasteiger partial charge in [0.25, 0.3) is 0 Å². The molecule has 0 fully saturated rings. The van der Waals surface area contributed by atoms with E-state index in [1.807, 2.05) is 71.8 Å². The first-order chi connectivity index (χ1) is 19.0. The summed E-state index contributed by atoms with van der Waals surface area (Å²) in [5.74, 6) is 0.575. The molecule has 3 aromatic carbocycles. The fraction of sp³-hybridized carbons (Fsp3) is 0.226. The number of benzene rings is 3. The van der Waals surface area contributed by atoms with Crippen LogP contribution in [-0.4, -0.2) is 41.6 Å². The molecule has 39 heavy (non-hydrogen) atoms. The fourth-order valence-corrected chi connectivity index (χ4v) is 5.07.